The maximum absolute atomic E-state index is 12.5. The van der Waals surface area contributed by atoms with Gasteiger partial charge in [0, 0.05) is 24.4 Å². The molecule has 1 aromatic carbocycles. The van der Waals surface area contributed by atoms with E-state index in [1.807, 2.05) is 49.1 Å². The van der Waals surface area contributed by atoms with Crippen molar-refractivity contribution in [3.63, 3.8) is 0 Å². The van der Waals surface area contributed by atoms with E-state index in [1.54, 1.807) is 0 Å². The van der Waals surface area contributed by atoms with Gasteiger partial charge >= 0.3 is 0 Å². The number of furan rings is 1. The minimum absolute atomic E-state index is 0. The lowest BCUT2D eigenvalue weighted by Gasteiger charge is -2.29. The van der Waals surface area contributed by atoms with Crippen LogP contribution in [0.15, 0.2) is 34.7 Å². The van der Waals surface area contributed by atoms with Crippen molar-refractivity contribution in [2.45, 2.75) is 33.2 Å². The van der Waals surface area contributed by atoms with Gasteiger partial charge in [0.2, 0.25) is 5.91 Å². The van der Waals surface area contributed by atoms with Crippen molar-refractivity contribution in [2.24, 2.45) is 11.7 Å². The molecule has 0 aliphatic heterocycles. The van der Waals surface area contributed by atoms with Gasteiger partial charge in [-0.2, -0.15) is 0 Å². The number of nitrogens with two attached hydrogens (primary N) is 1. The first kappa shape index (κ1) is 18.5. The standard InChI is InChI=1S/C17H24N2O2.ClH/c1-4-9-19(17(20)12(2)11-18)13(3)16-10-14-7-5-6-8-15(14)21-16;/h5-8,10,12-13H,4,9,11,18H2,1-3H3;1H. The summed E-state index contributed by atoms with van der Waals surface area (Å²) >= 11 is 0. The highest BCUT2D eigenvalue weighted by atomic mass is 35.5. The summed E-state index contributed by atoms with van der Waals surface area (Å²) in [6, 6.07) is 9.83. The first-order valence-corrected chi connectivity index (χ1v) is 7.57. The summed E-state index contributed by atoms with van der Waals surface area (Å²) in [6.45, 7) is 7.02. The lowest BCUT2D eigenvalue weighted by atomic mass is 10.1. The van der Waals surface area contributed by atoms with Gasteiger partial charge in [-0.3, -0.25) is 4.79 Å². The number of nitrogens with zero attached hydrogens (tertiary/aromatic N) is 1. The Morgan fingerprint density at radius 2 is 2.00 bits per heavy atom. The fraction of sp³-hybridized carbons (Fsp3) is 0.471. The summed E-state index contributed by atoms with van der Waals surface area (Å²) in [5.74, 6) is 0.748. The number of carbonyl (C=O) groups excluding carboxylic acids is 1. The molecule has 4 nitrogen and oxygen atoms in total. The van der Waals surface area contributed by atoms with Gasteiger partial charge in [-0.05, 0) is 25.5 Å². The molecule has 1 aromatic heterocycles. The number of hydrogen-bond donors (Lipinski definition) is 1. The van der Waals surface area contributed by atoms with Gasteiger partial charge in [0.25, 0.3) is 0 Å². The number of hydrogen-bond acceptors (Lipinski definition) is 3. The Bertz CT molecular complexity index is 578. The lowest BCUT2D eigenvalue weighted by molar-refractivity contribution is -0.137. The molecule has 122 valence electrons. The molecule has 2 rings (SSSR count). The fourth-order valence-electron chi connectivity index (χ4n) is 2.48. The van der Waals surface area contributed by atoms with Crippen LogP contribution in [0.4, 0.5) is 0 Å². The molecule has 2 N–H and O–H groups in total. The molecule has 0 bridgehead atoms. The largest absolute Gasteiger partial charge is 0.459 e. The highest BCUT2D eigenvalue weighted by Gasteiger charge is 2.26. The molecule has 0 spiro atoms. The third kappa shape index (κ3) is 3.81. The molecule has 0 fully saturated rings. The van der Waals surface area contributed by atoms with E-state index in [4.69, 9.17) is 10.2 Å². The zero-order valence-electron chi connectivity index (χ0n) is 13.4. The van der Waals surface area contributed by atoms with E-state index >= 15 is 0 Å². The van der Waals surface area contributed by atoms with Crippen molar-refractivity contribution in [1.82, 2.24) is 4.90 Å². The van der Waals surface area contributed by atoms with Gasteiger partial charge < -0.3 is 15.1 Å². The summed E-state index contributed by atoms with van der Waals surface area (Å²) in [5.41, 5.74) is 6.49. The van der Waals surface area contributed by atoms with Crippen LogP contribution in [0.5, 0.6) is 0 Å². The molecule has 1 heterocycles. The number of rotatable bonds is 6. The van der Waals surface area contributed by atoms with E-state index in [1.165, 1.54) is 0 Å². The number of para-hydroxylation sites is 1. The summed E-state index contributed by atoms with van der Waals surface area (Å²) in [6.07, 6.45) is 0.910. The fourth-order valence-corrected chi connectivity index (χ4v) is 2.48. The Labute approximate surface area is 138 Å². The van der Waals surface area contributed by atoms with E-state index in [0.717, 1.165) is 23.2 Å². The third-order valence-corrected chi connectivity index (χ3v) is 3.85. The highest BCUT2D eigenvalue weighted by molar-refractivity contribution is 5.85. The van der Waals surface area contributed by atoms with Gasteiger partial charge in [-0.15, -0.1) is 12.4 Å². The zero-order chi connectivity index (χ0) is 15.4. The predicted molar refractivity (Wildman–Crippen MR) is 92.1 cm³/mol. The minimum atomic E-state index is -0.164. The van der Waals surface area contributed by atoms with Crippen molar-refractivity contribution in [2.75, 3.05) is 13.1 Å². The highest BCUT2D eigenvalue weighted by Crippen LogP contribution is 2.28. The second kappa shape index (κ2) is 8.20. The third-order valence-electron chi connectivity index (χ3n) is 3.85. The van der Waals surface area contributed by atoms with Crippen LogP contribution in [0.3, 0.4) is 0 Å². The Kier molecular flexibility index (Phi) is 6.91. The van der Waals surface area contributed by atoms with Crippen LogP contribution < -0.4 is 5.73 Å². The quantitative estimate of drug-likeness (QED) is 0.880. The molecular formula is C17H25ClN2O2. The molecule has 0 radical (unpaired) electrons. The molecule has 2 atom stereocenters. The normalized spacial score (nSPS) is 13.5. The Hall–Kier alpha value is -1.52. The molecule has 2 aromatic rings. The van der Waals surface area contributed by atoms with Gasteiger partial charge in [0.1, 0.15) is 11.3 Å². The Morgan fingerprint density at radius 3 is 2.59 bits per heavy atom. The van der Waals surface area contributed by atoms with Crippen LogP contribution >= 0.6 is 12.4 Å². The molecule has 0 aliphatic carbocycles. The van der Waals surface area contributed by atoms with Gasteiger partial charge in [-0.25, -0.2) is 0 Å². The van der Waals surface area contributed by atoms with Crippen molar-refractivity contribution in [1.29, 1.82) is 0 Å². The lowest BCUT2D eigenvalue weighted by Crippen LogP contribution is -2.40. The molecule has 1 amide bonds. The summed E-state index contributed by atoms with van der Waals surface area (Å²) in [5, 5.41) is 1.06. The SMILES string of the molecule is CCCN(C(=O)C(C)CN)C(C)c1cc2ccccc2o1.Cl. The van der Waals surface area contributed by atoms with Crippen LogP contribution in [0.25, 0.3) is 11.0 Å². The average molecular weight is 325 g/mol. The molecule has 2 unspecified atom stereocenters. The van der Waals surface area contributed by atoms with E-state index in [9.17, 15) is 4.79 Å². The molecule has 0 saturated heterocycles. The summed E-state index contributed by atoms with van der Waals surface area (Å²) in [4.78, 5) is 14.4. The topological polar surface area (TPSA) is 59.5 Å². The predicted octanol–water partition coefficient (Wildman–Crippen LogP) is 3.75. The van der Waals surface area contributed by atoms with Crippen LogP contribution in [0.1, 0.15) is 39.0 Å². The molecule has 0 aliphatic rings. The number of benzene rings is 1. The number of halogens is 1. The van der Waals surface area contributed by atoms with Crippen molar-refractivity contribution >= 4 is 29.3 Å². The molecule has 5 heteroatoms. The van der Waals surface area contributed by atoms with Crippen LogP contribution in [0, 0.1) is 5.92 Å². The summed E-state index contributed by atoms with van der Waals surface area (Å²) < 4.78 is 5.90. The Balaban J connectivity index is 0.00000242. The minimum Gasteiger partial charge on any atom is -0.459 e. The molecular weight excluding hydrogens is 300 g/mol. The summed E-state index contributed by atoms with van der Waals surface area (Å²) in [7, 11) is 0. The molecule has 22 heavy (non-hydrogen) atoms. The van der Waals surface area contributed by atoms with E-state index in [0.29, 0.717) is 13.1 Å². The van der Waals surface area contributed by atoms with Crippen LogP contribution in [-0.2, 0) is 4.79 Å². The monoisotopic (exact) mass is 324 g/mol. The molecule has 0 saturated carbocycles. The number of carbonyl (C=O) groups is 1. The smallest absolute Gasteiger partial charge is 0.227 e. The first-order chi connectivity index (χ1) is 10.1. The van der Waals surface area contributed by atoms with E-state index < -0.39 is 0 Å². The maximum atomic E-state index is 12.5. The second-order valence-electron chi connectivity index (χ2n) is 5.53. The maximum Gasteiger partial charge on any atom is 0.227 e. The second-order valence-corrected chi connectivity index (χ2v) is 5.53. The number of fused-ring (bicyclic) bond motifs is 1. The van der Waals surface area contributed by atoms with Crippen LogP contribution in [-0.4, -0.2) is 23.9 Å². The van der Waals surface area contributed by atoms with Gasteiger partial charge in [0.15, 0.2) is 0 Å². The van der Waals surface area contributed by atoms with Crippen LogP contribution in [0.2, 0.25) is 0 Å². The van der Waals surface area contributed by atoms with Gasteiger partial charge in [0.05, 0.1) is 6.04 Å². The van der Waals surface area contributed by atoms with Crippen molar-refractivity contribution in [3.8, 4) is 0 Å². The zero-order valence-corrected chi connectivity index (χ0v) is 14.2. The van der Waals surface area contributed by atoms with E-state index in [2.05, 4.69) is 6.92 Å². The van der Waals surface area contributed by atoms with Crippen molar-refractivity contribution < 1.29 is 9.21 Å². The van der Waals surface area contributed by atoms with E-state index in [-0.39, 0.29) is 30.3 Å². The van der Waals surface area contributed by atoms with Crippen molar-refractivity contribution in [3.05, 3.63) is 36.1 Å². The van der Waals surface area contributed by atoms with Gasteiger partial charge in [-0.1, -0.05) is 32.0 Å². The number of amides is 1. The average Bonchev–Trinajstić information content (AvgIpc) is 2.94. The first-order valence-electron chi connectivity index (χ1n) is 7.57. The Morgan fingerprint density at radius 1 is 1.32 bits per heavy atom.